The molecule has 1 aliphatic heterocycles. The van der Waals surface area contributed by atoms with E-state index in [0.29, 0.717) is 46.5 Å². The monoisotopic (exact) mass is 571 g/mol. The molecular formula is C30H33N7O5. The van der Waals surface area contributed by atoms with Gasteiger partial charge in [-0.1, -0.05) is 6.07 Å². The first-order chi connectivity index (χ1) is 19.9. The van der Waals surface area contributed by atoms with Crippen LogP contribution in [0, 0.1) is 11.3 Å². The number of H-pyrrole nitrogens is 1. The quantitative estimate of drug-likeness (QED) is 0.328. The van der Waals surface area contributed by atoms with Gasteiger partial charge in [-0.25, -0.2) is 9.78 Å². The van der Waals surface area contributed by atoms with E-state index in [-0.39, 0.29) is 24.5 Å². The highest BCUT2D eigenvalue weighted by Crippen LogP contribution is 2.37. The number of rotatable bonds is 6. The second kappa shape index (κ2) is 10.9. The Bertz CT molecular complexity index is 1770. The maximum absolute atomic E-state index is 13.0. The minimum absolute atomic E-state index is 0.0448. The highest BCUT2D eigenvalue weighted by molar-refractivity contribution is 5.96. The third-order valence-electron chi connectivity index (χ3n) is 7.13. The summed E-state index contributed by atoms with van der Waals surface area (Å²) in [6.45, 7) is 5.43. The molecule has 1 amide bonds. The number of anilines is 2. The number of fused-ring (bicyclic) bond motifs is 2. The van der Waals surface area contributed by atoms with Crippen molar-refractivity contribution in [1.82, 2.24) is 24.6 Å². The Balaban J connectivity index is 1.48. The predicted molar refractivity (Wildman–Crippen MR) is 156 cm³/mol. The Hall–Kier alpha value is -4.76. The molecule has 1 fully saturated rings. The lowest BCUT2D eigenvalue weighted by Gasteiger charge is -2.39. The number of carbonyl (C=O) groups excluding carboxylic acids is 2. The van der Waals surface area contributed by atoms with E-state index >= 15 is 0 Å². The number of ether oxygens (including phenoxy) is 2. The molecule has 4 heterocycles. The summed E-state index contributed by atoms with van der Waals surface area (Å²) in [5, 5.41) is 18.9. The molecule has 1 aromatic carbocycles. The molecule has 12 heteroatoms. The number of nitrogens with zero attached hydrogens (tertiary/aromatic N) is 5. The average Bonchev–Trinajstić information content (AvgIpc) is 3.32. The molecule has 1 aliphatic rings. The van der Waals surface area contributed by atoms with E-state index in [1.165, 1.54) is 11.1 Å². The van der Waals surface area contributed by atoms with Crippen molar-refractivity contribution < 1.29 is 19.1 Å². The summed E-state index contributed by atoms with van der Waals surface area (Å²) >= 11 is 0. The van der Waals surface area contributed by atoms with Gasteiger partial charge in [-0.15, -0.1) is 0 Å². The minimum atomic E-state index is -0.901. The van der Waals surface area contributed by atoms with Crippen LogP contribution in [0.3, 0.4) is 0 Å². The Morgan fingerprint density at radius 2 is 2.05 bits per heavy atom. The van der Waals surface area contributed by atoms with Crippen LogP contribution in [0.1, 0.15) is 50.5 Å². The molecule has 1 saturated heterocycles. The number of pyridine rings is 2. The number of carbonyl (C=O) groups is 2. The number of amides is 1. The number of benzene rings is 1. The molecular weight excluding hydrogens is 538 g/mol. The number of hydrogen-bond donors (Lipinski definition) is 2. The van der Waals surface area contributed by atoms with E-state index in [4.69, 9.17) is 14.6 Å². The van der Waals surface area contributed by atoms with Gasteiger partial charge in [0, 0.05) is 31.4 Å². The fourth-order valence-corrected chi connectivity index (χ4v) is 5.11. The number of esters is 1. The Morgan fingerprint density at radius 1 is 1.26 bits per heavy atom. The molecule has 4 aromatic rings. The summed E-state index contributed by atoms with van der Waals surface area (Å²) < 4.78 is 13.2. The van der Waals surface area contributed by atoms with Crippen LogP contribution < -0.4 is 10.9 Å². The SMILES string of the molecule is CN(C)C(=O)c1ccc2cc(Nc3nn([C@]4(CC#N)CC[C@@H](C(=O)OC(C)(C)C)OC4)c4cc[nH]c(=O)c34)ccc2n1. The van der Waals surface area contributed by atoms with Gasteiger partial charge in [0.15, 0.2) is 11.9 Å². The van der Waals surface area contributed by atoms with E-state index < -0.39 is 23.2 Å². The van der Waals surface area contributed by atoms with Crippen molar-refractivity contribution in [2.24, 2.45) is 0 Å². The zero-order valence-corrected chi connectivity index (χ0v) is 24.2. The first-order valence-electron chi connectivity index (χ1n) is 13.6. The molecule has 42 heavy (non-hydrogen) atoms. The zero-order valence-electron chi connectivity index (χ0n) is 24.2. The molecule has 12 nitrogen and oxygen atoms in total. The van der Waals surface area contributed by atoms with Crippen molar-refractivity contribution in [3.63, 3.8) is 0 Å². The summed E-state index contributed by atoms with van der Waals surface area (Å²) in [5.74, 6) is -0.322. The van der Waals surface area contributed by atoms with Crippen molar-refractivity contribution in [2.75, 3.05) is 26.0 Å². The standard InChI is InChI=1S/C30H33N7O5/c1-29(2,3)42-28(40)23-10-12-30(13-14-31,17-41-23)37-22-11-15-32-26(38)24(22)25(35-37)33-19-7-9-20-18(16-19)6-8-21(34-20)27(39)36(4)5/h6-9,11,15-16,23H,10,12-13,17H2,1-5H3,(H,32,38)(H,33,35)/t23-,30-/m0/s1. The second-order valence-corrected chi connectivity index (χ2v) is 11.7. The Kier molecular flexibility index (Phi) is 7.47. The maximum atomic E-state index is 13.0. The molecule has 0 radical (unpaired) electrons. The van der Waals surface area contributed by atoms with Crippen LogP contribution in [0.2, 0.25) is 0 Å². The number of nitrogens with one attached hydrogen (secondary N) is 2. The van der Waals surface area contributed by atoms with E-state index in [2.05, 4.69) is 21.4 Å². The fourth-order valence-electron chi connectivity index (χ4n) is 5.11. The summed E-state index contributed by atoms with van der Waals surface area (Å²) in [5.41, 5.74) is 0.291. The molecule has 0 bridgehead atoms. The lowest BCUT2D eigenvalue weighted by Crippen LogP contribution is -2.47. The molecule has 218 valence electrons. The molecule has 0 spiro atoms. The van der Waals surface area contributed by atoms with Gasteiger partial charge >= 0.3 is 5.97 Å². The van der Waals surface area contributed by atoms with Gasteiger partial charge in [0.05, 0.1) is 35.7 Å². The lowest BCUT2D eigenvalue weighted by molar-refractivity contribution is -0.176. The molecule has 0 saturated carbocycles. The van der Waals surface area contributed by atoms with Crippen molar-refractivity contribution in [3.05, 3.63) is 58.6 Å². The Labute approximate surface area is 242 Å². The summed E-state index contributed by atoms with van der Waals surface area (Å²) in [6.07, 6.45) is 1.60. The van der Waals surface area contributed by atoms with Crippen LogP contribution >= 0.6 is 0 Å². The highest BCUT2D eigenvalue weighted by Gasteiger charge is 2.43. The van der Waals surface area contributed by atoms with E-state index in [0.717, 1.165) is 5.39 Å². The predicted octanol–water partition coefficient (Wildman–Crippen LogP) is 3.85. The largest absolute Gasteiger partial charge is 0.458 e. The third-order valence-corrected chi connectivity index (χ3v) is 7.13. The minimum Gasteiger partial charge on any atom is -0.458 e. The van der Waals surface area contributed by atoms with Gasteiger partial charge in [-0.2, -0.15) is 10.4 Å². The van der Waals surface area contributed by atoms with Crippen molar-refractivity contribution >= 4 is 45.2 Å². The number of aromatic amines is 1. The van der Waals surface area contributed by atoms with Gasteiger partial charge in [-0.3, -0.25) is 14.3 Å². The topological polar surface area (TPSA) is 155 Å². The van der Waals surface area contributed by atoms with Crippen molar-refractivity contribution in [2.45, 2.75) is 57.3 Å². The van der Waals surface area contributed by atoms with Crippen LogP contribution in [-0.4, -0.2) is 68.9 Å². The van der Waals surface area contributed by atoms with E-state index in [1.54, 1.807) is 63.8 Å². The fraction of sp³-hybridized carbons (Fsp3) is 0.400. The van der Waals surface area contributed by atoms with Gasteiger partial charge in [-0.05, 0) is 63.9 Å². The maximum Gasteiger partial charge on any atom is 0.335 e. The lowest BCUT2D eigenvalue weighted by atomic mass is 9.87. The molecule has 2 N–H and O–H groups in total. The van der Waals surface area contributed by atoms with Gasteiger partial charge in [0.1, 0.15) is 16.7 Å². The molecule has 0 aliphatic carbocycles. The first kappa shape index (κ1) is 28.8. The molecule has 3 aromatic heterocycles. The number of nitriles is 1. The van der Waals surface area contributed by atoms with Crippen LogP contribution in [0.4, 0.5) is 11.5 Å². The summed E-state index contributed by atoms with van der Waals surface area (Å²) in [4.78, 5) is 46.7. The summed E-state index contributed by atoms with van der Waals surface area (Å²) in [7, 11) is 3.35. The Morgan fingerprint density at radius 3 is 2.71 bits per heavy atom. The van der Waals surface area contributed by atoms with Gasteiger partial charge < -0.3 is 24.7 Å². The average molecular weight is 572 g/mol. The van der Waals surface area contributed by atoms with Crippen LogP contribution in [-0.2, 0) is 19.8 Å². The molecule has 5 rings (SSSR count). The first-order valence-corrected chi connectivity index (χ1v) is 13.6. The van der Waals surface area contributed by atoms with E-state index in [1.807, 2.05) is 12.1 Å². The van der Waals surface area contributed by atoms with Crippen LogP contribution in [0.5, 0.6) is 0 Å². The van der Waals surface area contributed by atoms with Gasteiger partial charge in [0.25, 0.3) is 11.5 Å². The smallest absolute Gasteiger partial charge is 0.335 e. The van der Waals surface area contributed by atoms with Crippen molar-refractivity contribution in [1.29, 1.82) is 5.26 Å². The van der Waals surface area contributed by atoms with Crippen LogP contribution in [0.15, 0.2) is 47.4 Å². The van der Waals surface area contributed by atoms with E-state index in [9.17, 15) is 19.6 Å². The third kappa shape index (κ3) is 5.56. The van der Waals surface area contributed by atoms with Crippen molar-refractivity contribution in [3.8, 4) is 6.07 Å². The number of aromatic nitrogens is 4. The van der Waals surface area contributed by atoms with Crippen LogP contribution in [0.25, 0.3) is 21.8 Å². The normalized spacial score (nSPS) is 18.9. The van der Waals surface area contributed by atoms with Gasteiger partial charge in [0.2, 0.25) is 0 Å². The summed E-state index contributed by atoms with van der Waals surface area (Å²) in [6, 6.07) is 12.9. The molecule has 2 atom stereocenters. The highest BCUT2D eigenvalue weighted by atomic mass is 16.6. The second-order valence-electron chi connectivity index (χ2n) is 11.7. The molecule has 0 unspecified atom stereocenters. The number of hydrogen-bond acceptors (Lipinski definition) is 9. The zero-order chi connectivity index (χ0) is 30.2.